The number of likely N-dealkylation sites (N-methyl/N-ethyl adjacent to an activating group) is 1. The Morgan fingerprint density at radius 2 is 2.08 bits per heavy atom. The van der Waals surface area contributed by atoms with Crippen LogP contribution in [0.5, 0.6) is 0 Å². The van der Waals surface area contributed by atoms with Crippen LogP contribution in [-0.4, -0.2) is 70.7 Å². The van der Waals surface area contributed by atoms with Crippen LogP contribution in [-0.2, 0) is 16.1 Å². The number of aliphatic hydroxyl groups is 1. The van der Waals surface area contributed by atoms with Crippen molar-refractivity contribution in [2.45, 2.75) is 37.5 Å². The monoisotopic (exact) mass is 345 g/mol. The van der Waals surface area contributed by atoms with E-state index in [1.54, 1.807) is 12.4 Å². The summed E-state index contributed by atoms with van der Waals surface area (Å²) in [7, 11) is 2.16. The zero-order chi connectivity index (χ0) is 17.4. The van der Waals surface area contributed by atoms with Crippen LogP contribution >= 0.6 is 0 Å². The number of hydrogen-bond acceptors (Lipinski definition) is 5. The molecule has 2 saturated heterocycles. The fourth-order valence-electron chi connectivity index (χ4n) is 4.51. The number of ether oxygens (including phenoxy) is 1. The van der Waals surface area contributed by atoms with E-state index in [1.807, 2.05) is 17.0 Å². The van der Waals surface area contributed by atoms with Gasteiger partial charge in [-0.1, -0.05) is 0 Å². The van der Waals surface area contributed by atoms with Crippen LogP contribution in [0.15, 0.2) is 24.5 Å². The molecule has 0 bridgehead atoms. The molecule has 1 spiro atoms. The summed E-state index contributed by atoms with van der Waals surface area (Å²) >= 11 is 0. The number of nitrogens with zero attached hydrogens (tertiary/aromatic N) is 3. The van der Waals surface area contributed by atoms with Crippen LogP contribution in [0.2, 0.25) is 0 Å². The second kappa shape index (κ2) is 6.67. The quantitative estimate of drug-likeness (QED) is 0.859. The summed E-state index contributed by atoms with van der Waals surface area (Å²) in [5.74, 6) is 0.815. The highest BCUT2D eigenvalue weighted by atomic mass is 16.5. The maximum atomic E-state index is 12.4. The first-order valence-corrected chi connectivity index (χ1v) is 9.20. The van der Waals surface area contributed by atoms with Gasteiger partial charge >= 0.3 is 0 Å². The lowest BCUT2D eigenvalue weighted by atomic mass is 9.78. The predicted molar refractivity (Wildman–Crippen MR) is 92.7 cm³/mol. The average Bonchev–Trinajstić information content (AvgIpc) is 2.87. The molecular formula is C19H27N3O3. The molecule has 25 heavy (non-hydrogen) atoms. The molecule has 1 aromatic heterocycles. The number of likely N-dealkylation sites (tertiary alicyclic amines) is 2. The highest BCUT2D eigenvalue weighted by Gasteiger charge is 2.54. The van der Waals surface area contributed by atoms with Crippen molar-refractivity contribution in [1.29, 1.82) is 0 Å². The lowest BCUT2D eigenvalue weighted by molar-refractivity contribution is -0.154. The Balaban J connectivity index is 1.23. The van der Waals surface area contributed by atoms with Gasteiger partial charge in [0.25, 0.3) is 0 Å². The third kappa shape index (κ3) is 3.30. The van der Waals surface area contributed by atoms with Crippen molar-refractivity contribution in [2.75, 3.05) is 33.3 Å². The highest BCUT2D eigenvalue weighted by Crippen LogP contribution is 2.41. The van der Waals surface area contributed by atoms with E-state index < -0.39 is 0 Å². The van der Waals surface area contributed by atoms with E-state index in [0.717, 1.165) is 38.2 Å². The maximum absolute atomic E-state index is 12.4. The number of amides is 1. The second-order valence-electron chi connectivity index (χ2n) is 8.06. The Morgan fingerprint density at radius 3 is 2.76 bits per heavy atom. The Labute approximate surface area is 148 Å². The minimum atomic E-state index is -0.264. The number of carbonyl (C=O) groups excluding carboxylic acids is 1. The van der Waals surface area contributed by atoms with E-state index in [4.69, 9.17) is 4.74 Å². The van der Waals surface area contributed by atoms with Crippen molar-refractivity contribution < 1.29 is 14.6 Å². The van der Waals surface area contributed by atoms with Gasteiger partial charge < -0.3 is 14.7 Å². The van der Waals surface area contributed by atoms with Crippen LogP contribution in [0, 0.1) is 11.8 Å². The first-order chi connectivity index (χ1) is 12.1. The molecule has 6 nitrogen and oxygen atoms in total. The van der Waals surface area contributed by atoms with Gasteiger partial charge in [0, 0.05) is 37.9 Å². The first-order valence-electron chi connectivity index (χ1n) is 9.20. The summed E-state index contributed by atoms with van der Waals surface area (Å²) in [6.07, 6.45) is 5.70. The molecule has 1 aliphatic carbocycles. The predicted octanol–water partition coefficient (Wildman–Crippen LogP) is 0.902. The SMILES string of the molecule is CN1C[C@@H](COCc2ccncc2)CC12CN(C(=O)C1CC(O)C1)C2. The first kappa shape index (κ1) is 16.9. The topological polar surface area (TPSA) is 65.9 Å². The molecule has 0 unspecified atom stereocenters. The van der Waals surface area contributed by atoms with Crippen molar-refractivity contribution >= 4 is 5.91 Å². The molecule has 1 aromatic rings. The summed E-state index contributed by atoms with van der Waals surface area (Å²) < 4.78 is 5.90. The molecule has 1 atom stereocenters. The summed E-state index contributed by atoms with van der Waals surface area (Å²) in [6.45, 7) is 4.08. The third-order valence-corrected chi connectivity index (χ3v) is 6.13. The number of hydrogen-bond donors (Lipinski definition) is 1. The standard InChI is InChI=1S/C19H27N3O3/c1-21-9-15(11-25-10-14-2-4-20-5-3-14)8-19(21)12-22(13-19)18(24)16-6-17(23)7-16/h2-5,15-17,23H,6-13H2,1H3/t15-,16?,17?/m0/s1. The lowest BCUT2D eigenvalue weighted by Crippen LogP contribution is -2.69. The van der Waals surface area contributed by atoms with Gasteiger partial charge in [0.05, 0.1) is 24.9 Å². The van der Waals surface area contributed by atoms with Crippen molar-refractivity contribution in [3.8, 4) is 0 Å². The van der Waals surface area contributed by atoms with Crippen molar-refractivity contribution in [1.82, 2.24) is 14.8 Å². The number of aliphatic hydroxyl groups excluding tert-OH is 1. The Kier molecular flexibility index (Phi) is 4.52. The summed E-state index contributed by atoms with van der Waals surface area (Å²) in [6, 6.07) is 3.96. The third-order valence-electron chi connectivity index (χ3n) is 6.13. The van der Waals surface area contributed by atoms with Gasteiger partial charge in [-0.15, -0.1) is 0 Å². The molecule has 3 fully saturated rings. The number of carbonyl (C=O) groups is 1. The molecule has 3 aliphatic rings. The lowest BCUT2D eigenvalue weighted by Gasteiger charge is -2.53. The van der Waals surface area contributed by atoms with E-state index >= 15 is 0 Å². The maximum Gasteiger partial charge on any atom is 0.226 e. The average molecular weight is 345 g/mol. The smallest absolute Gasteiger partial charge is 0.226 e. The van der Waals surface area contributed by atoms with Crippen LogP contribution in [0.4, 0.5) is 0 Å². The van der Waals surface area contributed by atoms with Gasteiger partial charge in [-0.3, -0.25) is 14.7 Å². The number of rotatable bonds is 5. The van der Waals surface area contributed by atoms with Gasteiger partial charge in [0.15, 0.2) is 0 Å². The van der Waals surface area contributed by atoms with Gasteiger partial charge in [-0.05, 0) is 49.9 Å². The fourth-order valence-corrected chi connectivity index (χ4v) is 4.51. The molecule has 0 radical (unpaired) electrons. The molecule has 2 aliphatic heterocycles. The normalized spacial score (nSPS) is 31.0. The van der Waals surface area contributed by atoms with E-state index in [0.29, 0.717) is 25.4 Å². The molecule has 1 N–H and O–H groups in total. The van der Waals surface area contributed by atoms with E-state index in [-0.39, 0.29) is 23.5 Å². The Bertz CT molecular complexity index is 612. The molecule has 6 heteroatoms. The van der Waals surface area contributed by atoms with E-state index in [1.165, 1.54) is 0 Å². The highest BCUT2D eigenvalue weighted by molar-refractivity contribution is 5.81. The zero-order valence-electron chi connectivity index (χ0n) is 14.8. The molecule has 1 saturated carbocycles. The molecule has 1 amide bonds. The largest absolute Gasteiger partial charge is 0.393 e. The Morgan fingerprint density at radius 1 is 1.36 bits per heavy atom. The van der Waals surface area contributed by atoms with Gasteiger partial charge in [-0.25, -0.2) is 0 Å². The number of pyridine rings is 1. The van der Waals surface area contributed by atoms with Crippen LogP contribution < -0.4 is 0 Å². The molecule has 0 aromatic carbocycles. The minimum absolute atomic E-state index is 0.0542. The minimum Gasteiger partial charge on any atom is -0.393 e. The second-order valence-corrected chi connectivity index (χ2v) is 8.06. The van der Waals surface area contributed by atoms with Crippen molar-refractivity contribution in [2.24, 2.45) is 11.8 Å². The van der Waals surface area contributed by atoms with Gasteiger partial charge in [0.2, 0.25) is 5.91 Å². The molecular weight excluding hydrogens is 318 g/mol. The summed E-state index contributed by atoms with van der Waals surface area (Å²) in [5, 5.41) is 9.39. The molecule has 136 valence electrons. The van der Waals surface area contributed by atoms with Crippen LogP contribution in [0.1, 0.15) is 24.8 Å². The van der Waals surface area contributed by atoms with Gasteiger partial charge in [0.1, 0.15) is 0 Å². The summed E-state index contributed by atoms with van der Waals surface area (Å²) in [5.41, 5.74) is 1.29. The fraction of sp³-hybridized carbons (Fsp3) is 0.684. The van der Waals surface area contributed by atoms with Crippen LogP contribution in [0.25, 0.3) is 0 Å². The molecule has 4 rings (SSSR count). The van der Waals surface area contributed by atoms with Gasteiger partial charge in [-0.2, -0.15) is 0 Å². The summed E-state index contributed by atoms with van der Waals surface area (Å²) in [4.78, 5) is 20.8. The van der Waals surface area contributed by atoms with Crippen LogP contribution in [0.3, 0.4) is 0 Å². The zero-order valence-corrected chi connectivity index (χ0v) is 14.8. The van der Waals surface area contributed by atoms with E-state index in [2.05, 4.69) is 16.9 Å². The molecule has 3 heterocycles. The van der Waals surface area contributed by atoms with Crippen molar-refractivity contribution in [3.63, 3.8) is 0 Å². The van der Waals surface area contributed by atoms with Crippen molar-refractivity contribution in [3.05, 3.63) is 30.1 Å². The van der Waals surface area contributed by atoms with E-state index in [9.17, 15) is 9.90 Å². The Hall–Kier alpha value is -1.50. The number of aromatic nitrogens is 1.